The van der Waals surface area contributed by atoms with Gasteiger partial charge in [-0.1, -0.05) is 6.92 Å². The van der Waals surface area contributed by atoms with E-state index in [1.54, 1.807) is 6.92 Å². The first-order chi connectivity index (χ1) is 10.2. The quantitative estimate of drug-likeness (QED) is 0.392. The number of hydrogen-bond donors (Lipinski definition) is 2. The van der Waals surface area contributed by atoms with E-state index in [1.807, 2.05) is 0 Å². The molecule has 1 amide bonds. The molecule has 2 rings (SSSR count). The molecule has 0 aromatic carbocycles. The number of carbonyl (C=O) groups excluding carboxylic acids is 3. The van der Waals surface area contributed by atoms with Gasteiger partial charge < -0.3 is 15.6 Å². The summed E-state index contributed by atoms with van der Waals surface area (Å²) in [4.78, 5) is 47.6. The Balaban J connectivity index is 2.34. The van der Waals surface area contributed by atoms with Crippen LogP contribution in [0.25, 0.3) is 0 Å². The lowest BCUT2D eigenvalue weighted by Gasteiger charge is -2.54. The van der Waals surface area contributed by atoms with Crippen molar-refractivity contribution >= 4 is 35.4 Å². The van der Waals surface area contributed by atoms with Crippen LogP contribution >= 0.6 is 11.8 Å². The average molecular weight is 328 g/mol. The smallest absolute Gasteiger partial charge is 0.352 e. The summed E-state index contributed by atoms with van der Waals surface area (Å²) >= 11 is 1.20. The largest absolute Gasteiger partial charge is 0.477 e. The van der Waals surface area contributed by atoms with Crippen LogP contribution in [0.3, 0.4) is 0 Å². The number of Topliss-reactive ketones (excluding diaryl/α,β-unsaturated/α-hetero) is 1. The molecule has 0 aliphatic carbocycles. The molecule has 9 heteroatoms. The lowest BCUT2D eigenvalue weighted by Crippen LogP contribution is -2.81. The number of carboxylic acid groups (broad SMARTS) is 1. The molecule has 120 valence electrons. The first kappa shape index (κ1) is 16.5. The Morgan fingerprint density at radius 1 is 1.50 bits per heavy atom. The molecule has 0 bridgehead atoms. The van der Waals surface area contributed by atoms with Crippen molar-refractivity contribution < 1.29 is 29.0 Å². The number of ether oxygens (including phenoxy) is 1. The van der Waals surface area contributed by atoms with E-state index in [1.165, 1.54) is 18.7 Å². The number of esters is 1. The highest BCUT2D eigenvalue weighted by molar-refractivity contribution is 8.00. The SMILES string of the molecule is CCC(=O)[C@]1(N)C(=O)N2C(C(=O)O)=C(COC(C)=O)CS[C@@H]21. The van der Waals surface area contributed by atoms with Crippen LogP contribution < -0.4 is 5.73 Å². The summed E-state index contributed by atoms with van der Waals surface area (Å²) in [6.45, 7) is 2.60. The molecule has 0 saturated carbocycles. The lowest BCUT2D eigenvalue weighted by molar-refractivity contribution is -0.159. The summed E-state index contributed by atoms with van der Waals surface area (Å²) in [5.74, 6) is -2.78. The fourth-order valence-electron chi connectivity index (χ4n) is 2.49. The van der Waals surface area contributed by atoms with Crippen molar-refractivity contribution in [3.05, 3.63) is 11.3 Å². The second kappa shape index (κ2) is 5.73. The summed E-state index contributed by atoms with van der Waals surface area (Å²) < 4.78 is 4.82. The topological polar surface area (TPSA) is 127 Å². The molecule has 2 atom stereocenters. The van der Waals surface area contributed by atoms with Gasteiger partial charge in [0.05, 0.1) is 0 Å². The van der Waals surface area contributed by atoms with Gasteiger partial charge in [0.2, 0.25) is 0 Å². The standard InChI is InChI=1S/C13H16N2O6S/c1-3-8(17)13(14)11(20)15-9(10(18)19)7(4-21-6(2)16)5-22-12(13)15/h12H,3-5,14H2,1-2H3,(H,18,19)/t12-,13+/m1/s1. The average Bonchev–Trinajstić information content (AvgIpc) is 2.49. The van der Waals surface area contributed by atoms with Gasteiger partial charge in [-0.2, -0.15) is 0 Å². The zero-order valence-corrected chi connectivity index (χ0v) is 12.9. The highest BCUT2D eigenvalue weighted by atomic mass is 32.2. The molecule has 2 aliphatic heterocycles. The van der Waals surface area contributed by atoms with Crippen LogP contribution in [0.5, 0.6) is 0 Å². The first-order valence-corrected chi connectivity index (χ1v) is 7.66. The van der Waals surface area contributed by atoms with Crippen molar-refractivity contribution in [1.29, 1.82) is 0 Å². The Morgan fingerprint density at radius 2 is 2.14 bits per heavy atom. The predicted molar refractivity (Wildman–Crippen MR) is 76.6 cm³/mol. The fraction of sp³-hybridized carbons (Fsp3) is 0.538. The van der Waals surface area contributed by atoms with Gasteiger partial charge in [-0.25, -0.2) is 4.79 Å². The number of hydrogen-bond acceptors (Lipinski definition) is 7. The maximum absolute atomic E-state index is 12.3. The normalized spacial score (nSPS) is 27.1. The zero-order chi connectivity index (χ0) is 16.7. The summed E-state index contributed by atoms with van der Waals surface area (Å²) in [5, 5.41) is 8.62. The molecule has 0 aromatic heterocycles. The van der Waals surface area contributed by atoms with Crippen LogP contribution in [0.1, 0.15) is 20.3 Å². The number of carboxylic acids is 1. The van der Waals surface area contributed by atoms with Gasteiger partial charge in [-0.05, 0) is 0 Å². The number of rotatable bonds is 5. The minimum Gasteiger partial charge on any atom is -0.477 e. The number of nitrogens with zero attached hydrogens (tertiary/aromatic N) is 1. The first-order valence-electron chi connectivity index (χ1n) is 6.61. The van der Waals surface area contributed by atoms with Gasteiger partial charge in [-0.3, -0.25) is 19.3 Å². The summed E-state index contributed by atoms with van der Waals surface area (Å²) in [7, 11) is 0. The van der Waals surface area contributed by atoms with Crippen LogP contribution in [-0.4, -0.2) is 56.9 Å². The van der Waals surface area contributed by atoms with E-state index in [2.05, 4.69) is 0 Å². The van der Waals surface area contributed by atoms with Gasteiger partial charge in [0, 0.05) is 24.7 Å². The number of ketones is 1. The minimum atomic E-state index is -1.67. The van der Waals surface area contributed by atoms with Crippen LogP contribution in [0.2, 0.25) is 0 Å². The van der Waals surface area contributed by atoms with E-state index >= 15 is 0 Å². The van der Waals surface area contributed by atoms with Crippen LogP contribution in [0, 0.1) is 0 Å². The summed E-state index contributed by atoms with van der Waals surface area (Å²) in [6.07, 6.45) is 0.0968. The number of carbonyl (C=O) groups is 4. The second-order valence-electron chi connectivity index (χ2n) is 5.02. The van der Waals surface area contributed by atoms with Crippen molar-refractivity contribution in [3.63, 3.8) is 0 Å². The van der Waals surface area contributed by atoms with Gasteiger partial charge in [0.1, 0.15) is 17.7 Å². The molecule has 1 fully saturated rings. The molecule has 1 saturated heterocycles. The third-order valence-electron chi connectivity index (χ3n) is 3.62. The third-order valence-corrected chi connectivity index (χ3v) is 5.04. The Labute approximate surface area is 130 Å². The number of amides is 1. The van der Waals surface area contributed by atoms with Crippen LogP contribution in [0.15, 0.2) is 11.3 Å². The van der Waals surface area contributed by atoms with Gasteiger partial charge in [0.25, 0.3) is 5.91 Å². The maximum atomic E-state index is 12.3. The van der Waals surface area contributed by atoms with Crippen molar-refractivity contribution in [1.82, 2.24) is 4.90 Å². The Hall–Kier alpha value is -1.87. The Morgan fingerprint density at radius 3 is 2.64 bits per heavy atom. The molecule has 8 nitrogen and oxygen atoms in total. The van der Waals surface area contributed by atoms with Gasteiger partial charge in [-0.15, -0.1) is 11.8 Å². The van der Waals surface area contributed by atoms with Crippen molar-refractivity contribution in [3.8, 4) is 0 Å². The molecular weight excluding hydrogens is 312 g/mol. The van der Waals surface area contributed by atoms with Crippen molar-refractivity contribution in [2.24, 2.45) is 5.73 Å². The number of thioether (sulfide) groups is 1. The Kier molecular flexibility index (Phi) is 4.30. The minimum absolute atomic E-state index is 0.0968. The summed E-state index contributed by atoms with van der Waals surface area (Å²) in [6, 6.07) is 0. The predicted octanol–water partition coefficient (Wildman–Crippen LogP) is -0.520. The zero-order valence-electron chi connectivity index (χ0n) is 12.1. The Bertz CT molecular complexity index is 601. The van der Waals surface area contributed by atoms with E-state index < -0.39 is 34.5 Å². The summed E-state index contributed by atoms with van der Waals surface area (Å²) in [5.41, 5.74) is 4.31. The molecule has 0 spiro atoms. The fourth-order valence-corrected chi connectivity index (χ4v) is 3.92. The highest BCUT2D eigenvalue weighted by Gasteiger charge is 2.65. The monoisotopic (exact) mass is 328 g/mol. The molecule has 3 N–H and O–H groups in total. The van der Waals surface area contributed by atoms with Crippen molar-refractivity contribution in [2.75, 3.05) is 12.4 Å². The number of aliphatic carboxylic acids is 1. The molecular formula is C13H16N2O6S. The molecule has 0 radical (unpaired) electrons. The molecule has 0 aromatic rings. The molecule has 2 heterocycles. The van der Waals surface area contributed by atoms with Crippen molar-refractivity contribution in [2.45, 2.75) is 31.2 Å². The number of nitrogens with two attached hydrogens (primary N) is 1. The van der Waals surface area contributed by atoms with E-state index in [-0.39, 0.29) is 24.5 Å². The second-order valence-corrected chi connectivity index (χ2v) is 6.09. The van der Waals surface area contributed by atoms with Crippen LogP contribution in [0.4, 0.5) is 0 Å². The van der Waals surface area contributed by atoms with E-state index in [0.717, 1.165) is 4.90 Å². The van der Waals surface area contributed by atoms with E-state index in [4.69, 9.17) is 10.5 Å². The van der Waals surface area contributed by atoms with Crippen LogP contribution in [-0.2, 0) is 23.9 Å². The third kappa shape index (κ3) is 2.30. The molecule has 2 aliphatic rings. The lowest BCUT2D eigenvalue weighted by atomic mass is 9.82. The maximum Gasteiger partial charge on any atom is 0.352 e. The van der Waals surface area contributed by atoms with Gasteiger partial charge >= 0.3 is 11.9 Å². The van der Waals surface area contributed by atoms with Gasteiger partial charge in [0.15, 0.2) is 11.3 Å². The van der Waals surface area contributed by atoms with E-state index in [0.29, 0.717) is 5.57 Å². The number of fused-ring (bicyclic) bond motifs is 1. The number of β-lactam (4-membered cyclic amide) rings is 1. The van der Waals surface area contributed by atoms with E-state index in [9.17, 15) is 24.3 Å². The molecule has 0 unspecified atom stereocenters. The highest BCUT2D eigenvalue weighted by Crippen LogP contribution is 2.45. The molecule has 22 heavy (non-hydrogen) atoms.